The van der Waals surface area contributed by atoms with Crippen LogP contribution in [0.15, 0.2) is 30.6 Å². The highest BCUT2D eigenvalue weighted by molar-refractivity contribution is 7.86. The summed E-state index contributed by atoms with van der Waals surface area (Å²) in [5, 5.41) is 10.9. The van der Waals surface area contributed by atoms with E-state index in [4.69, 9.17) is 0 Å². The van der Waals surface area contributed by atoms with Gasteiger partial charge in [0.25, 0.3) is 10.2 Å². The summed E-state index contributed by atoms with van der Waals surface area (Å²) in [5.41, 5.74) is 1.29. The van der Waals surface area contributed by atoms with Crippen molar-refractivity contribution in [3.05, 3.63) is 41.7 Å². The molecule has 0 atom stereocenters. The lowest BCUT2D eigenvalue weighted by Gasteiger charge is -2.39. The zero-order chi connectivity index (χ0) is 35.9. The maximum Gasteiger partial charge on any atom is 0.419 e. The van der Waals surface area contributed by atoms with Crippen molar-refractivity contribution in [3.63, 3.8) is 0 Å². The number of hydrogen-bond acceptors (Lipinski definition) is 9. The minimum atomic E-state index is -4.50. The first-order valence-corrected chi connectivity index (χ1v) is 19.0. The Bertz CT molecular complexity index is 1850. The first kappa shape index (κ1) is 35.5. The van der Waals surface area contributed by atoms with Crippen LogP contribution in [0, 0.1) is 5.92 Å². The number of aryl methyl sites for hydroxylation is 1. The molecule has 0 unspecified atom stereocenters. The van der Waals surface area contributed by atoms with Gasteiger partial charge in [0.15, 0.2) is 5.82 Å². The molecule has 4 aliphatic rings. The number of fused-ring (bicyclic) bond motifs is 1. The van der Waals surface area contributed by atoms with Crippen molar-refractivity contribution in [2.75, 3.05) is 62.6 Å². The first-order valence-electron chi connectivity index (χ1n) is 17.6. The fourth-order valence-corrected chi connectivity index (χ4v) is 9.41. The van der Waals surface area contributed by atoms with E-state index in [1.54, 1.807) is 8.99 Å². The van der Waals surface area contributed by atoms with Crippen molar-refractivity contribution in [1.82, 2.24) is 38.6 Å². The van der Waals surface area contributed by atoms with Crippen LogP contribution in [0.1, 0.15) is 62.0 Å². The topological polar surface area (TPSA) is 149 Å². The minimum Gasteiger partial charge on any atom is -0.351 e. The molecule has 4 saturated heterocycles. The van der Waals surface area contributed by atoms with Crippen LogP contribution in [0.25, 0.3) is 10.9 Å². The molecule has 7 rings (SSSR count). The highest BCUT2D eigenvalue weighted by Crippen LogP contribution is 2.35. The number of amides is 3. The van der Waals surface area contributed by atoms with Crippen LogP contribution < -0.4 is 15.5 Å². The molecule has 276 valence electrons. The van der Waals surface area contributed by atoms with Crippen LogP contribution in [-0.4, -0.2) is 112 Å². The second-order valence-corrected chi connectivity index (χ2v) is 15.9. The predicted octanol–water partition coefficient (Wildman–Crippen LogP) is 3.54. The van der Waals surface area contributed by atoms with E-state index < -0.39 is 28.0 Å². The molecule has 4 aliphatic heterocycles. The van der Waals surface area contributed by atoms with Crippen LogP contribution in [0.2, 0.25) is 0 Å². The highest BCUT2D eigenvalue weighted by Gasteiger charge is 2.37. The Morgan fingerprint density at radius 1 is 0.902 bits per heavy atom. The van der Waals surface area contributed by atoms with Gasteiger partial charge in [-0.3, -0.25) is 19.7 Å². The molecular weight excluding hydrogens is 689 g/mol. The third-order valence-corrected chi connectivity index (χ3v) is 12.8. The number of hydrogen-bond donors (Lipinski definition) is 2. The number of likely N-dealkylation sites (tertiary alicyclic amines) is 1. The summed E-state index contributed by atoms with van der Waals surface area (Å²) in [5.74, 6) is 1.22. The largest absolute Gasteiger partial charge is 0.419 e. The predicted molar refractivity (Wildman–Crippen MR) is 183 cm³/mol. The number of nitrogens with one attached hydrogen (secondary N) is 2. The Labute approximate surface area is 294 Å². The van der Waals surface area contributed by atoms with Crippen molar-refractivity contribution < 1.29 is 31.2 Å². The maximum absolute atomic E-state index is 13.5. The number of urea groups is 1. The Morgan fingerprint density at radius 2 is 1.55 bits per heavy atom. The summed E-state index contributed by atoms with van der Waals surface area (Å²) in [6.07, 6.45) is 1.91. The number of anilines is 2. The molecule has 6 heterocycles. The lowest BCUT2D eigenvalue weighted by Crippen LogP contribution is -2.51. The van der Waals surface area contributed by atoms with Crippen molar-refractivity contribution in [2.24, 2.45) is 13.0 Å². The quantitative estimate of drug-likeness (QED) is 0.355. The number of rotatable bonds is 8. The van der Waals surface area contributed by atoms with Crippen LogP contribution in [0.5, 0.6) is 0 Å². The van der Waals surface area contributed by atoms with Gasteiger partial charge in [-0.15, -0.1) is 0 Å². The van der Waals surface area contributed by atoms with Crippen molar-refractivity contribution in [2.45, 2.75) is 63.1 Å². The van der Waals surface area contributed by atoms with Gasteiger partial charge in [0.05, 0.1) is 11.1 Å². The van der Waals surface area contributed by atoms with E-state index in [0.29, 0.717) is 63.2 Å². The van der Waals surface area contributed by atoms with Crippen LogP contribution in [0.3, 0.4) is 0 Å². The number of aromatic nitrogens is 4. The standard InChI is InChI=1S/C33H43F3N10O4S/c1-42-28-18-24(2-3-27(28)30(41-42)46-17-10-29(47)40-32(46)48)23-6-11-43(12-7-23)21-22-4-13-44(14-5-22)51(49,50)45-15-8-26(9-16-45)39-31-37-19-25(20-38-31)33(34,35)36/h2-3,18-20,22-23,26H,4-17,21H2,1H3,(H,37,38,39)(H,40,47,48). The van der Waals surface area contributed by atoms with Crippen molar-refractivity contribution in [3.8, 4) is 0 Å². The molecule has 4 fully saturated rings. The molecule has 2 N–H and O–H groups in total. The van der Waals surface area contributed by atoms with Crippen molar-refractivity contribution >= 4 is 44.8 Å². The normalized spacial score (nSPS) is 21.8. The number of nitrogens with zero attached hydrogens (tertiary/aromatic N) is 8. The van der Waals surface area contributed by atoms with Gasteiger partial charge in [-0.1, -0.05) is 6.07 Å². The molecule has 0 bridgehead atoms. The number of carbonyl (C=O) groups is 2. The Kier molecular flexibility index (Phi) is 9.94. The zero-order valence-electron chi connectivity index (χ0n) is 28.5. The Hall–Kier alpha value is -3.87. The van der Waals surface area contributed by atoms with Gasteiger partial charge in [-0.25, -0.2) is 14.8 Å². The molecular formula is C33H43F3N10O4S. The first-order chi connectivity index (χ1) is 24.3. The number of carbonyl (C=O) groups excluding carboxylic acids is 2. The van der Waals surface area contributed by atoms with E-state index in [9.17, 15) is 31.2 Å². The summed E-state index contributed by atoms with van der Waals surface area (Å²) in [6.45, 7) is 4.82. The smallest absolute Gasteiger partial charge is 0.351 e. The molecule has 14 nitrogen and oxygen atoms in total. The summed E-state index contributed by atoms with van der Waals surface area (Å²) in [6, 6.07) is 5.75. The number of halogens is 3. The molecule has 1 aromatic carbocycles. The summed E-state index contributed by atoms with van der Waals surface area (Å²) in [4.78, 5) is 35.6. The maximum atomic E-state index is 13.5. The number of imide groups is 1. The molecule has 3 amide bonds. The molecule has 18 heteroatoms. The monoisotopic (exact) mass is 732 g/mol. The minimum absolute atomic E-state index is 0.0995. The number of benzene rings is 1. The lowest BCUT2D eigenvalue weighted by molar-refractivity contribution is -0.138. The Morgan fingerprint density at radius 3 is 2.18 bits per heavy atom. The summed E-state index contributed by atoms with van der Waals surface area (Å²) >= 11 is 0. The molecule has 0 radical (unpaired) electrons. The van der Waals surface area contributed by atoms with Crippen LogP contribution in [0.4, 0.5) is 29.7 Å². The van der Waals surface area contributed by atoms with Gasteiger partial charge in [0.1, 0.15) is 0 Å². The van der Waals surface area contributed by atoms with E-state index in [2.05, 4.69) is 42.7 Å². The van der Waals surface area contributed by atoms with Crippen LogP contribution >= 0.6 is 0 Å². The fourth-order valence-electron chi connectivity index (χ4n) is 7.74. The van der Waals surface area contributed by atoms with Gasteiger partial charge in [0.2, 0.25) is 11.9 Å². The van der Waals surface area contributed by atoms with Gasteiger partial charge in [0, 0.05) is 76.6 Å². The van der Waals surface area contributed by atoms with Gasteiger partial charge >= 0.3 is 12.2 Å². The molecule has 3 aromatic rings. The average Bonchev–Trinajstić information content (AvgIpc) is 3.44. The van der Waals surface area contributed by atoms with Crippen LogP contribution in [-0.2, 0) is 28.2 Å². The molecule has 0 aliphatic carbocycles. The molecule has 51 heavy (non-hydrogen) atoms. The van der Waals surface area contributed by atoms with E-state index in [1.807, 2.05) is 13.1 Å². The molecule has 2 aromatic heterocycles. The summed E-state index contributed by atoms with van der Waals surface area (Å²) in [7, 11) is -1.73. The van der Waals surface area contributed by atoms with Gasteiger partial charge in [-0.2, -0.15) is 35.3 Å². The van der Waals surface area contributed by atoms with E-state index in [0.717, 1.165) is 68.6 Å². The van der Waals surface area contributed by atoms with Gasteiger partial charge < -0.3 is 10.2 Å². The van der Waals surface area contributed by atoms with E-state index in [1.165, 1.54) is 14.8 Å². The fraction of sp³-hybridized carbons (Fsp3) is 0.606. The third-order valence-electron chi connectivity index (χ3n) is 10.7. The number of alkyl halides is 3. The second-order valence-electron chi connectivity index (χ2n) is 14.0. The second kappa shape index (κ2) is 14.3. The van der Waals surface area contributed by atoms with Gasteiger partial charge in [-0.05, 0) is 81.1 Å². The molecule has 0 saturated carbocycles. The lowest BCUT2D eigenvalue weighted by atomic mass is 9.88. The van der Waals surface area contributed by atoms with E-state index in [-0.39, 0.29) is 24.3 Å². The Balaban J connectivity index is 0.854. The summed E-state index contributed by atoms with van der Waals surface area (Å²) < 4.78 is 70.2. The average molecular weight is 733 g/mol. The van der Waals surface area contributed by atoms with Crippen molar-refractivity contribution in [1.29, 1.82) is 0 Å². The third kappa shape index (κ3) is 7.68. The SMILES string of the molecule is Cn1nc(N2CCC(=O)NC2=O)c2ccc(C3CCN(CC4CCN(S(=O)(=O)N5CCC(Nc6ncc(C(F)(F)F)cn6)CC5)CC4)CC3)cc21. The molecule has 0 spiro atoms. The van der Waals surface area contributed by atoms with E-state index >= 15 is 0 Å². The number of piperidine rings is 3. The zero-order valence-corrected chi connectivity index (χ0v) is 29.3. The highest BCUT2D eigenvalue weighted by atomic mass is 32.2.